The van der Waals surface area contributed by atoms with E-state index in [0.717, 1.165) is 24.1 Å². The molecule has 3 nitrogen and oxygen atoms in total. The largest absolute Gasteiger partial charge is 0.351 e. The number of nitrogens with one attached hydrogen (secondary N) is 2. The molecule has 1 aromatic heterocycles. The maximum absolute atomic E-state index is 4.28. The van der Waals surface area contributed by atoms with E-state index in [1.54, 1.807) is 6.33 Å². The van der Waals surface area contributed by atoms with Crippen molar-refractivity contribution in [3.63, 3.8) is 0 Å². The van der Waals surface area contributed by atoms with Gasteiger partial charge in [0.15, 0.2) is 0 Å². The highest BCUT2D eigenvalue weighted by Crippen LogP contribution is 2.37. The molecule has 2 heterocycles. The molecule has 0 amide bonds. The highest BCUT2D eigenvalue weighted by molar-refractivity contribution is 5.65. The van der Waals surface area contributed by atoms with E-state index in [1.807, 2.05) is 6.20 Å². The van der Waals surface area contributed by atoms with Crippen molar-refractivity contribution in [2.45, 2.75) is 6.42 Å². The first-order valence-corrected chi connectivity index (χ1v) is 4.84. The lowest BCUT2D eigenvalue weighted by molar-refractivity contribution is 0.536. The molecule has 0 saturated carbocycles. The van der Waals surface area contributed by atoms with Crippen LogP contribution in [0.3, 0.4) is 0 Å². The third-order valence-electron chi connectivity index (χ3n) is 3.12. The molecule has 2 N–H and O–H groups in total. The second-order valence-corrected chi connectivity index (χ2v) is 3.93. The van der Waals surface area contributed by atoms with Gasteiger partial charge < -0.3 is 10.3 Å². The van der Waals surface area contributed by atoms with Crippen LogP contribution in [-0.4, -0.2) is 23.1 Å². The zero-order valence-corrected chi connectivity index (χ0v) is 7.46. The highest BCUT2D eigenvalue weighted by Gasteiger charge is 2.32. The van der Waals surface area contributed by atoms with E-state index >= 15 is 0 Å². The van der Waals surface area contributed by atoms with E-state index in [2.05, 4.69) is 21.4 Å². The van der Waals surface area contributed by atoms with E-state index in [-0.39, 0.29) is 0 Å². The van der Waals surface area contributed by atoms with Gasteiger partial charge in [-0.2, -0.15) is 0 Å². The molecule has 1 aliphatic heterocycles. The molecule has 13 heavy (non-hydrogen) atoms. The van der Waals surface area contributed by atoms with Crippen LogP contribution in [0.15, 0.2) is 18.6 Å². The molecule has 0 radical (unpaired) electrons. The molecule has 1 saturated heterocycles. The summed E-state index contributed by atoms with van der Waals surface area (Å²) < 4.78 is 0. The zero-order valence-electron chi connectivity index (χ0n) is 7.46. The van der Waals surface area contributed by atoms with Crippen LogP contribution in [0.5, 0.6) is 0 Å². The smallest absolute Gasteiger partial charge is 0.0927 e. The van der Waals surface area contributed by atoms with Gasteiger partial charge in [0.05, 0.1) is 12.0 Å². The van der Waals surface area contributed by atoms with Gasteiger partial charge in [-0.3, -0.25) is 0 Å². The Labute approximate surface area is 77.3 Å². The van der Waals surface area contributed by atoms with Crippen molar-refractivity contribution in [3.8, 4) is 0 Å². The standard InChI is InChI=1S/C10H13N3/c1-7(10-5-12-6-13-10)2-9-4-11-3-8(1)9/h1,5-6,8-9,11H,2-4H2,(H,12,13)/t8-,9+/m0/s1. The molecule has 2 atom stereocenters. The summed E-state index contributed by atoms with van der Waals surface area (Å²) >= 11 is 0. The lowest BCUT2D eigenvalue weighted by Gasteiger charge is -2.04. The van der Waals surface area contributed by atoms with Crippen LogP contribution in [0.2, 0.25) is 0 Å². The minimum atomic E-state index is 0.756. The molecule has 1 fully saturated rings. The van der Waals surface area contributed by atoms with Crippen molar-refractivity contribution in [3.05, 3.63) is 24.3 Å². The summed E-state index contributed by atoms with van der Waals surface area (Å²) in [5.74, 6) is 1.58. The normalized spacial score (nSPS) is 31.8. The second-order valence-electron chi connectivity index (χ2n) is 3.93. The van der Waals surface area contributed by atoms with Crippen molar-refractivity contribution >= 4 is 5.57 Å². The Morgan fingerprint density at radius 2 is 2.38 bits per heavy atom. The van der Waals surface area contributed by atoms with Crippen molar-refractivity contribution in [2.24, 2.45) is 11.8 Å². The topological polar surface area (TPSA) is 40.7 Å². The number of rotatable bonds is 1. The number of fused-ring (bicyclic) bond motifs is 1. The minimum absolute atomic E-state index is 0.756. The highest BCUT2D eigenvalue weighted by atomic mass is 14.9. The molecule has 1 aromatic rings. The molecule has 0 bridgehead atoms. The van der Waals surface area contributed by atoms with Crippen LogP contribution in [0, 0.1) is 11.8 Å². The van der Waals surface area contributed by atoms with Gasteiger partial charge in [-0.15, -0.1) is 0 Å². The number of nitrogens with zero attached hydrogens (tertiary/aromatic N) is 1. The molecular formula is C10H13N3. The SMILES string of the molecule is C1=C(c2c[nH]cn2)C[C@@H]2CNC[C@H]12. The Morgan fingerprint density at radius 1 is 1.38 bits per heavy atom. The van der Waals surface area contributed by atoms with Gasteiger partial charge in [0.2, 0.25) is 0 Å². The van der Waals surface area contributed by atoms with Crippen LogP contribution in [0.25, 0.3) is 5.57 Å². The molecule has 0 spiro atoms. The van der Waals surface area contributed by atoms with E-state index < -0.39 is 0 Å². The summed E-state index contributed by atoms with van der Waals surface area (Å²) in [6, 6.07) is 0. The zero-order chi connectivity index (χ0) is 8.67. The van der Waals surface area contributed by atoms with Crippen LogP contribution < -0.4 is 5.32 Å². The van der Waals surface area contributed by atoms with E-state index in [1.165, 1.54) is 18.5 Å². The molecule has 1 aliphatic carbocycles. The maximum Gasteiger partial charge on any atom is 0.0927 e. The average Bonchev–Trinajstić information content (AvgIpc) is 2.78. The average molecular weight is 175 g/mol. The van der Waals surface area contributed by atoms with Gasteiger partial charge in [0, 0.05) is 12.7 Å². The fourth-order valence-electron chi connectivity index (χ4n) is 2.41. The van der Waals surface area contributed by atoms with Crippen LogP contribution in [0.1, 0.15) is 12.1 Å². The summed E-state index contributed by atoms with van der Waals surface area (Å²) in [5.41, 5.74) is 2.56. The summed E-state index contributed by atoms with van der Waals surface area (Å²) in [5, 5.41) is 3.42. The molecular weight excluding hydrogens is 162 g/mol. The van der Waals surface area contributed by atoms with Gasteiger partial charge >= 0.3 is 0 Å². The second kappa shape index (κ2) is 2.70. The fraction of sp³-hybridized carbons (Fsp3) is 0.500. The summed E-state index contributed by atoms with van der Waals surface area (Å²) in [4.78, 5) is 7.29. The van der Waals surface area contributed by atoms with Crippen LogP contribution in [0.4, 0.5) is 0 Å². The quantitative estimate of drug-likeness (QED) is 0.669. The lowest BCUT2D eigenvalue weighted by Crippen LogP contribution is -2.09. The Morgan fingerprint density at radius 3 is 3.15 bits per heavy atom. The Balaban J connectivity index is 1.88. The molecule has 68 valence electrons. The number of H-pyrrole nitrogens is 1. The van der Waals surface area contributed by atoms with Crippen molar-refractivity contribution in [2.75, 3.05) is 13.1 Å². The van der Waals surface area contributed by atoms with Crippen molar-refractivity contribution < 1.29 is 0 Å². The summed E-state index contributed by atoms with van der Waals surface area (Å²) in [7, 11) is 0. The summed E-state index contributed by atoms with van der Waals surface area (Å²) in [6.07, 6.45) is 7.33. The third-order valence-corrected chi connectivity index (χ3v) is 3.12. The number of imidazole rings is 1. The van der Waals surface area contributed by atoms with Crippen molar-refractivity contribution in [1.82, 2.24) is 15.3 Å². The minimum Gasteiger partial charge on any atom is -0.351 e. The predicted octanol–water partition coefficient (Wildman–Crippen LogP) is 1.03. The molecule has 0 unspecified atom stereocenters. The first-order chi connectivity index (χ1) is 6.43. The monoisotopic (exact) mass is 175 g/mol. The van der Waals surface area contributed by atoms with Crippen LogP contribution >= 0.6 is 0 Å². The third kappa shape index (κ3) is 1.11. The van der Waals surface area contributed by atoms with Gasteiger partial charge in [-0.1, -0.05) is 6.08 Å². The Kier molecular flexibility index (Phi) is 1.52. The molecule has 0 aromatic carbocycles. The predicted molar refractivity (Wildman–Crippen MR) is 51.0 cm³/mol. The van der Waals surface area contributed by atoms with Gasteiger partial charge in [0.25, 0.3) is 0 Å². The molecule has 3 rings (SSSR count). The molecule has 2 aliphatic rings. The first-order valence-electron chi connectivity index (χ1n) is 4.84. The maximum atomic E-state index is 4.28. The number of hydrogen-bond acceptors (Lipinski definition) is 2. The van der Waals surface area contributed by atoms with Gasteiger partial charge in [-0.25, -0.2) is 4.98 Å². The van der Waals surface area contributed by atoms with Gasteiger partial charge in [0.1, 0.15) is 0 Å². The van der Waals surface area contributed by atoms with Gasteiger partial charge in [-0.05, 0) is 30.4 Å². The van der Waals surface area contributed by atoms with E-state index in [0.29, 0.717) is 0 Å². The van der Waals surface area contributed by atoms with Crippen molar-refractivity contribution in [1.29, 1.82) is 0 Å². The number of hydrogen-bond donors (Lipinski definition) is 2. The van der Waals surface area contributed by atoms with E-state index in [4.69, 9.17) is 0 Å². The fourth-order valence-corrected chi connectivity index (χ4v) is 2.41. The Hall–Kier alpha value is -1.09. The lowest BCUT2D eigenvalue weighted by atomic mass is 9.99. The van der Waals surface area contributed by atoms with E-state index in [9.17, 15) is 0 Å². The number of allylic oxidation sites excluding steroid dienone is 1. The number of aromatic nitrogens is 2. The molecule has 3 heteroatoms. The summed E-state index contributed by atoms with van der Waals surface area (Å²) in [6.45, 7) is 2.33. The number of aromatic amines is 1. The Bertz CT molecular complexity index is 326. The first kappa shape index (κ1) is 7.33. The van der Waals surface area contributed by atoms with Crippen LogP contribution in [-0.2, 0) is 0 Å².